The number of alkyl carbamates (subject to hydrolysis) is 1. The molecule has 3 fully saturated rings. The minimum atomic E-state index is -3.26. The number of ketones is 1. The Kier molecular flexibility index (Phi) is 11.4. The molecule has 45 heavy (non-hydrogen) atoms. The van der Waals surface area contributed by atoms with Gasteiger partial charge in [-0.05, 0) is 67.2 Å². The van der Waals surface area contributed by atoms with Crippen LogP contribution in [0, 0.1) is 11.8 Å². The number of piperazine rings is 1. The Hall–Kier alpha value is -2.73. The molecule has 10 nitrogen and oxygen atoms in total. The number of aromatic nitrogens is 1. The van der Waals surface area contributed by atoms with Gasteiger partial charge in [-0.15, -0.1) is 0 Å². The molecule has 2 bridgehead atoms. The first-order chi connectivity index (χ1) is 21.7. The minimum absolute atomic E-state index is 0.0618. The average Bonchev–Trinajstić information content (AvgIpc) is 3.16. The summed E-state index contributed by atoms with van der Waals surface area (Å²) in [5, 5.41) is 6.98. The molecule has 1 aromatic heterocycles. The number of nitrogens with one attached hydrogen (secondary N) is 2. The summed E-state index contributed by atoms with van der Waals surface area (Å²) in [6, 6.07) is 10.1. The molecule has 1 aromatic carbocycles. The van der Waals surface area contributed by atoms with Gasteiger partial charge in [0.25, 0.3) is 0 Å². The third kappa shape index (κ3) is 8.36. The molecule has 1 amide bonds. The van der Waals surface area contributed by atoms with E-state index in [0.29, 0.717) is 42.8 Å². The Morgan fingerprint density at radius 2 is 1.76 bits per heavy atom. The van der Waals surface area contributed by atoms with Gasteiger partial charge in [0.2, 0.25) is 15.9 Å². The van der Waals surface area contributed by atoms with Gasteiger partial charge < -0.3 is 20.1 Å². The fourth-order valence-corrected chi connectivity index (χ4v) is 9.38. The largest absolute Gasteiger partial charge is 0.481 e. The number of amides is 1. The number of nitrogens with zero attached hydrogens (tertiary/aromatic N) is 2. The van der Waals surface area contributed by atoms with Gasteiger partial charge in [-0.3, -0.25) is 4.79 Å². The van der Waals surface area contributed by atoms with Crippen molar-refractivity contribution in [3.05, 3.63) is 58.7 Å². The lowest BCUT2D eigenvalue weighted by Crippen LogP contribution is -2.57. The second-order valence-corrected chi connectivity index (χ2v) is 15.1. The lowest BCUT2D eigenvalue weighted by molar-refractivity contribution is -0.123. The van der Waals surface area contributed by atoms with Crippen LogP contribution in [0.3, 0.4) is 0 Å². The van der Waals surface area contributed by atoms with E-state index in [1.54, 1.807) is 35.8 Å². The monoisotopic (exact) mass is 660 g/mol. The van der Waals surface area contributed by atoms with Crippen LogP contribution in [0.4, 0.5) is 4.79 Å². The Morgan fingerprint density at radius 3 is 2.44 bits per heavy atom. The summed E-state index contributed by atoms with van der Waals surface area (Å²) in [5.41, 5.74) is 1.55. The number of sulfonamides is 1. The van der Waals surface area contributed by atoms with E-state index in [4.69, 9.17) is 21.1 Å². The zero-order chi connectivity index (χ0) is 32.0. The topological polar surface area (TPSA) is 127 Å². The van der Waals surface area contributed by atoms with Crippen molar-refractivity contribution in [3.8, 4) is 5.88 Å². The molecule has 1 saturated carbocycles. The van der Waals surface area contributed by atoms with Crippen LogP contribution in [0.15, 0.2) is 42.6 Å². The SMILES string of the molecule is COC(=O)N[C@H](C(=O)C[C@H]1CCCC[C@@H]1CC[C@H]1CN[C@@H]2CCCS(=O)(=O)N1C2)[C@@H](c1ccc(Cl)cc1)c1ccc(OC)nc1. The van der Waals surface area contributed by atoms with Gasteiger partial charge in [-0.1, -0.05) is 49.1 Å². The molecular weight excluding hydrogens is 616 g/mol. The van der Waals surface area contributed by atoms with Crippen molar-refractivity contribution in [2.24, 2.45) is 11.8 Å². The molecule has 1 aliphatic carbocycles. The molecule has 12 heteroatoms. The fourth-order valence-electron chi connectivity index (χ4n) is 7.45. The zero-order valence-corrected chi connectivity index (χ0v) is 27.7. The first kappa shape index (κ1) is 33.6. The standard InChI is InChI=1S/C33H45ClN4O6S/c1-43-30-16-12-25(19-36-30)31(23-9-13-26(34)14-10-23)32(37-33(40)44-2)29(39)18-24-7-4-3-6-22(24)11-15-28-20-35-27-8-5-17-45(41,42)38(28)21-27/h9-10,12-14,16,19,22,24,27-28,31-32,35H,3-8,11,15,17-18,20-21H2,1-2H3,(H,37,40)/t22-,24-,27-,28+,31+,32-/m1/s1. The van der Waals surface area contributed by atoms with Gasteiger partial charge in [0, 0.05) is 54.8 Å². The Labute approximate surface area is 271 Å². The molecule has 2 saturated heterocycles. The van der Waals surface area contributed by atoms with E-state index < -0.39 is 28.1 Å². The summed E-state index contributed by atoms with van der Waals surface area (Å²) in [7, 11) is -0.430. The number of halogens is 1. The van der Waals surface area contributed by atoms with Crippen LogP contribution >= 0.6 is 11.6 Å². The number of carbonyl (C=O) groups excluding carboxylic acids is 2. The van der Waals surface area contributed by atoms with E-state index in [2.05, 4.69) is 15.6 Å². The van der Waals surface area contributed by atoms with Crippen LogP contribution in [0.2, 0.25) is 5.02 Å². The van der Waals surface area contributed by atoms with Gasteiger partial charge in [-0.2, -0.15) is 4.31 Å². The highest BCUT2D eigenvalue weighted by Gasteiger charge is 2.40. The van der Waals surface area contributed by atoms with Crippen LogP contribution in [0.1, 0.15) is 74.8 Å². The van der Waals surface area contributed by atoms with Gasteiger partial charge >= 0.3 is 6.09 Å². The minimum Gasteiger partial charge on any atom is -0.481 e. The number of pyridine rings is 1. The first-order valence-electron chi connectivity index (χ1n) is 16.0. The fraction of sp³-hybridized carbons (Fsp3) is 0.606. The predicted molar refractivity (Wildman–Crippen MR) is 173 cm³/mol. The summed E-state index contributed by atoms with van der Waals surface area (Å²) in [6.45, 7) is 1.22. The summed E-state index contributed by atoms with van der Waals surface area (Å²) in [4.78, 5) is 31.3. The third-order valence-electron chi connectivity index (χ3n) is 9.86. The molecule has 3 heterocycles. The molecule has 0 spiro atoms. The van der Waals surface area contributed by atoms with Crippen molar-refractivity contribution < 1.29 is 27.5 Å². The van der Waals surface area contributed by atoms with E-state index in [1.807, 2.05) is 18.2 Å². The highest BCUT2D eigenvalue weighted by molar-refractivity contribution is 7.89. The quantitative estimate of drug-likeness (QED) is 0.348. The molecule has 0 radical (unpaired) electrons. The van der Waals surface area contributed by atoms with Gasteiger partial charge in [0.1, 0.15) is 6.04 Å². The normalized spacial score (nSPS) is 27.4. The van der Waals surface area contributed by atoms with E-state index in [0.717, 1.165) is 56.1 Å². The molecule has 7 atom stereocenters. The lowest BCUT2D eigenvalue weighted by atomic mass is 9.72. The van der Waals surface area contributed by atoms with Gasteiger partial charge in [0.15, 0.2) is 5.78 Å². The maximum absolute atomic E-state index is 14.3. The summed E-state index contributed by atoms with van der Waals surface area (Å²) in [6.07, 6.45) is 8.56. The Morgan fingerprint density at radius 1 is 1.02 bits per heavy atom. The third-order valence-corrected chi connectivity index (χ3v) is 12.1. The van der Waals surface area contributed by atoms with Crippen molar-refractivity contribution >= 4 is 33.5 Å². The smallest absolute Gasteiger partial charge is 0.407 e. The maximum Gasteiger partial charge on any atom is 0.407 e. The van der Waals surface area contributed by atoms with Crippen LogP contribution in [0.5, 0.6) is 5.88 Å². The number of rotatable bonds is 11. The molecule has 1 unspecified atom stereocenters. The van der Waals surface area contributed by atoms with Crippen molar-refractivity contribution in [1.82, 2.24) is 19.9 Å². The van der Waals surface area contributed by atoms with Crippen molar-refractivity contribution in [2.45, 2.75) is 81.8 Å². The average molecular weight is 661 g/mol. The molecule has 5 rings (SSSR count). The summed E-state index contributed by atoms with van der Waals surface area (Å²) in [5.74, 6) is 0.479. The van der Waals surface area contributed by atoms with Crippen LogP contribution < -0.4 is 15.4 Å². The molecule has 2 aliphatic heterocycles. The molecule has 2 aromatic rings. The Balaban J connectivity index is 1.36. The van der Waals surface area contributed by atoms with Crippen molar-refractivity contribution in [2.75, 3.05) is 33.1 Å². The highest BCUT2D eigenvalue weighted by atomic mass is 35.5. The first-order valence-corrected chi connectivity index (χ1v) is 18.0. The van der Waals surface area contributed by atoms with Crippen LogP contribution in [-0.4, -0.2) is 80.8 Å². The van der Waals surface area contributed by atoms with E-state index in [1.165, 1.54) is 7.11 Å². The molecule has 2 N–H and O–H groups in total. The highest BCUT2D eigenvalue weighted by Crippen LogP contribution is 2.39. The second-order valence-electron chi connectivity index (χ2n) is 12.6. The van der Waals surface area contributed by atoms with E-state index in [9.17, 15) is 18.0 Å². The van der Waals surface area contributed by atoms with Gasteiger partial charge in [-0.25, -0.2) is 18.2 Å². The molecule has 3 aliphatic rings. The number of carbonyl (C=O) groups is 2. The molecule has 246 valence electrons. The zero-order valence-electron chi connectivity index (χ0n) is 26.1. The summed E-state index contributed by atoms with van der Waals surface area (Å²) < 4.78 is 38.0. The predicted octanol–water partition coefficient (Wildman–Crippen LogP) is 4.91. The van der Waals surface area contributed by atoms with Crippen molar-refractivity contribution in [3.63, 3.8) is 0 Å². The number of fused-ring (bicyclic) bond motifs is 2. The number of benzene rings is 1. The van der Waals surface area contributed by atoms with E-state index in [-0.39, 0.29) is 29.5 Å². The number of Topliss-reactive ketones (excluding diaryl/α,β-unsaturated/α-hetero) is 1. The maximum atomic E-state index is 14.3. The number of hydrogen-bond donors (Lipinski definition) is 2. The number of ether oxygens (including phenoxy) is 2. The lowest BCUT2D eigenvalue weighted by Gasteiger charge is -2.39. The van der Waals surface area contributed by atoms with Crippen LogP contribution in [0.25, 0.3) is 0 Å². The van der Waals surface area contributed by atoms with Crippen LogP contribution in [-0.2, 0) is 19.6 Å². The summed E-state index contributed by atoms with van der Waals surface area (Å²) >= 11 is 6.21. The second kappa shape index (κ2) is 15.2. The number of hydrogen-bond acceptors (Lipinski definition) is 8. The number of methoxy groups -OCH3 is 2. The van der Waals surface area contributed by atoms with E-state index >= 15 is 0 Å². The van der Waals surface area contributed by atoms with Gasteiger partial charge in [0.05, 0.1) is 20.0 Å². The Bertz CT molecular complexity index is 1410. The van der Waals surface area contributed by atoms with Crippen molar-refractivity contribution in [1.29, 1.82) is 0 Å². The molecular formula is C33H45ClN4O6S.